The van der Waals surface area contributed by atoms with Crippen molar-refractivity contribution in [2.24, 2.45) is 0 Å². The lowest BCUT2D eigenvalue weighted by Crippen LogP contribution is -2.30. The number of ether oxygens (including phenoxy) is 1. The number of amides is 1. The number of nitriles is 1. The van der Waals surface area contributed by atoms with Gasteiger partial charge in [0, 0.05) is 6.54 Å². The van der Waals surface area contributed by atoms with Gasteiger partial charge in [0.15, 0.2) is 6.61 Å². The predicted octanol–water partition coefficient (Wildman–Crippen LogP) is 1.21. The van der Waals surface area contributed by atoms with Gasteiger partial charge in [-0.15, -0.1) is 0 Å². The lowest BCUT2D eigenvalue weighted by molar-refractivity contribution is -0.123. The molecule has 1 amide bonds. The number of nitrogens with zero attached hydrogens (tertiary/aromatic N) is 1. The van der Waals surface area contributed by atoms with Gasteiger partial charge >= 0.3 is 0 Å². The van der Waals surface area contributed by atoms with Crippen molar-refractivity contribution < 1.29 is 14.6 Å². The van der Waals surface area contributed by atoms with Gasteiger partial charge in [-0.2, -0.15) is 5.26 Å². The van der Waals surface area contributed by atoms with Crippen molar-refractivity contribution >= 4 is 5.91 Å². The topological polar surface area (TPSA) is 82.3 Å². The van der Waals surface area contributed by atoms with Crippen LogP contribution in [0.2, 0.25) is 0 Å². The lowest BCUT2D eigenvalue weighted by atomic mass is 10.2. The van der Waals surface area contributed by atoms with E-state index in [1.807, 2.05) is 6.07 Å². The molecule has 2 N–H and O–H groups in total. The highest BCUT2D eigenvalue weighted by Gasteiger charge is 2.03. The van der Waals surface area contributed by atoms with E-state index in [4.69, 9.17) is 15.1 Å². The highest BCUT2D eigenvalue weighted by Crippen LogP contribution is 2.11. The molecule has 0 aliphatic rings. The van der Waals surface area contributed by atoms with Crippen LogP contribution >= 0.6 is 0 Å². The second kappa shape index (κ2) is 8.11. The van der Waals surface area contributed by atoms with Crippen LogP contribution in [0, 0.1) is 11.3 Å². The summed E-state index contributed by atoms with van der Waals surface area (Å²) in [7, 11) is 0. The highest BCUT2D eigenvalue weighted by atomic mass is 16.5. The van der Waals surface area contributed by atoms with Crippen molar-refractivity contribution in [3.8, 4) is 11.8 Å². The number of aliphatic hydroxyl groups is 1. The van der Waals surface area contributed by atoms with Crippen LogP contribution in [0.3, 0.4) is 0 Å². The molecule has 0 spiro atoms. The molecule has 1 rings (SSSR count). The normalized spacial score (nSPS) is 11.4. The zero-order valence-electron chi connectivity index (χ0n) is 10.9. The fourth-order valence-electron chi connectivity index (χ4n) is 1.45. The molecule has 0 saturated heterocycles. The van der Waals surface area contributed by atoms with Crippen LogP contribution in [-0.4, -0.2) is 30.3 Å². The van der Waals surface area contributed by atoms with Crippen LogP contribution in [0.25, 0.3) is 0 Å². The minimum absolute atomic E-state index is 0.0550. The van der Waals surface area contributed by atoms with Crippen LogP contribution in [0.4, 0.5) is 0 Å². The maximum atomic E-state index is 11.4. The molecule has 0 aromatic heterocycles. The Morgan fingerprint density at radius 1 is 1.47 bits per heavy atom. The smallest absolute Gasteiger partial charge is 0.257 e. The number of nitrogens with one attached hydrogen (secondary N) is 1. The zero-order chi connectivity index (χ0) is 14.1. The zero-order valence-corrected chi connectivity index (χ0v) is 10.9. The quantitative estimate of drug-likeness (QED) is 0.724. The molecule has 1 unspecified atom stereocenters. The van der Waals surface area contributed by atoms with E-state index in [1.54, 1.807) is 31.2 Å². The molecule has 0 fully saturated rings. The van der Waals surface area contributed by atoms with E-state index in [2.05, 4.69) is 5.32 Å². The number of hydrogen-bond donors (Lipinski definition) is 2. The Balaban J connectivity index is 2.20. The van der Waals surface area contributed by atoms with E-state index < -0.39 is 0 Å². The van der Waals surface area contributed by atoms with Gasteiger partial charge in [0.05, 0.1) is 17.7 Å². The van der Waals surface area contributed by atoms with E-state index in [1.165, 1.54) is 0 Å². The van der Waals surface area contributed by atoms with Gasteiger partial charge in [-0.05, 0) is 44.0 Å². The van der Waals surface area contributed by atoms with Gasteiger partial charge in [0.25, 0.3) is 5.91 Å². The van der Waals surface area contributed by atoms with E-state index >= 15 is 0 Å². The predicted molar refractivity (Wildman–Crippen MR) is 70.6 cm³/mol. The number of carbonyl (C=O) groups is 1. The van der Waals surface area contributed by atoms with Gasteiger partial charge in [-0.1, -0.05) is 0 Å². The Bertz CT molecular complexity index is 435. The summed E-state index contributed by atoms with van der Waals surface area (Å²) in [6.45, 7) is 2.19. The summed E-state index contributed by atoms with van der Waals surface area (Å²) in [5.41, 5.74) is 0.551. The van der Waals surface area contributed by atoms with Crippen molar-refractivity contribution in [2.45, 2.75) is 25.9 Å². The molecule has 5 nitrogen and oxygen atoms in total. The van der Waals surface area contributed by atoms with Crippen LogP contribution in [0.5, 0.6) is 5.75 Å². The molecule has 0 heterocycles. The van der Waals surface area contributed by atoms with Crippen molar-refractivity contribution in [1.29, 1.82) is 5.26 Å². The fraction of sp³-hybridized carbons (Fsp3) is 0.429. The van der Waals surface area contributed by atoms with Crippen molar-refractivity contribution in [2.75, 3.05) is 13.2 Å². The Kier molecular flexibility index (Phi) is 6.41. The summed E-state index contributed by atoms with van der Waals surface area (Å²) in [5.74, 6) is 0.355. The number of hydrogen-bond acceptors (Lipinski definition) is 4. The first-order chi connectivity index (χ1) is 9.11. The SMILES string of the molecule is CC(O)CCCNC(=O)COc1ccc(C#N)cc1. The van der Waals surface area contributed by atoms with Crippen molar-refractivity contribution in [3.05, 3.63) is 29.8 Å². The van der Waals surface area contributed by atoms with Crippen LogP contribution in [-0.2, 0) is 4.79 Å². The molecule has 0 bridgehead atoms. The summed E-state index contributed by atoms with van der Waals surface area (Å²) >= 11 is 0. The minimum atomic E-state index is -0.341. The number of benzene rings is 1. The first kappa shape index (κ1) is 15.0. The van der Waals surface area contributed by atoms with Crippen molar-refractivity contribution in [1.82, 2.24) is 5.32 Å². The summed E-state index contributed by atoms with van der Waals surface area (Å²) in [6, 6.07) is 8.58. The molecule has 1 aromatic rings. The molecule has 0 saturated carbocycles. The largest absolute Gasteiger partial charge is 0.484 e. The van der Waals surface area contributed by atoms with Gasteiger partial charge in [-0.3, -0.25) is 4.79 Å². The van der Waals surface area contributed by atoms with Crippen LogP contribution in [0.1, 0.15) is 25.3 Å². The monoisotopic (exact) mass is 262 g/mol. The van der Waals surface area contributed by atoms with E-state index in [0.29, 0.717) is 24.3 Å². The number of rotatable bonds is 7. The average Bonchev–Trinajstić information content (AvgIpc) is 2.41. The Hall–Kier alpha value is -2.06. The Morgan fingerprint density at radius 2 is 2.16 bits per heavy atom. The summed E-state index contributed by atoms with van der Waals surface area (Å²) in [6.07, 6.45) is 1.06. The summed E-state index contributed by atoms with van der Waals surface area (Å²) in [5, 5.41) is 20.4. The highest BCUT2D eigenvalue weighted by molar-refractivity contribution is 5.77. The second-order valence-electron chi connectivity index (χ2n) is 4.27. The maximum absolute atomic E-state index is 11.4. The lowest BCUT2D eigenvalue weighted by Gasteiger charge is -2.08. The third-order valence-electron chi connectivity index (χ3n) is 2.47. The van der Waals surface area contributed by atoms with Gasteiger partial charge in [0.2, 0.25) is 0 Å². The first-order valence-electron chi connectivity index (χ1n) is 6.19. The number of carbonyl (C=O) groups excluding carboxylic acids is 1. The minimum Gasteiger partial charge on any atom is -0.484 e. The molecule has 1 atom stereocenters. The molecule has 102 valence electrons. The molecule has 19 heavy (non-hydrogen) atoms. The van der Waals surface area contributed by atoms with Gasteiger partial charge in [-0.25, -0.2) is 0 Å². The Labute approximate surface area is 112 Å². The van der Waals surface area contributed by atoms with E-state index in [-0.39, 0.29) is 18.6 Å². The van der Waals surface area contributed by atoms with Crippen molar-refractivity contribution in [3.63, 3.8) is 0 Å². The molecular formula is C14H18N2O3. The van der Waals surface area contributed by atoms with E-state index in [0.717, 1.165) is 6.42 Å². The van der Waals surface area contributed by atoms with Crippen LogP contribution in [0.15, 0.2) is 24.3 Å². The molecule has 5 heteroatoms. The first-order valence-corrected chi connectivity index (χ1v) is 6.19. The molecular weight excluding hydrogens is 244 g/mol. The number of aliphatic hydroxyl groups excluding tert-OH is 1. The van der Waals surface area contributed by atoms with E-state index in [9.17, 15) is 4.79 Å². The fourth-order valence-corrected chi connectivity index (χ4v) is 1.45. The maximum Gasteiger partial charge on any atom is 0.257 e. The summed E-state index contributed by atoms with van der Waals surface area (Å²) < 4.78 is 5.27. The standard InChI is InChI=1S/C14H18N2O3/c1-11(17)3-2-8-16-14(18)10-19-13-6-4-12(9-15)5-7-13/h4-7,11,17H,2-3,8,10H2,1H3,(H,16,18). The Morgan fingerprint density at radius 3 is 2.74 bits per heavy atom. The molecule has 0 aliphatic heterocycles. The molecule has 1 aromatic carbocycles. The van der Waals surface area contributed by atoms with Crippen LogP contribution < -0.4 is 10.1 Å². The second-order valence-corrected chi connectivity index (χ2v) is 4.27. The summed E-state index contributed by atoms with van der Waals surface area (Å²) in [4.78, 5) is 11.4. The van der Waals surface area contributed by atoms with Gasteiger partial charge in [0.1, 0.15) is 5.75 Å². The molecule has 0 radical (unpaired) electrons. The average molecular weight is 262 g/mol. The third kappa shape index (κ3) is 6.43. The molecule has 0 aliphatic carbocycles. The third-order valence-corrected chi connectivity index (χ3v) is 2.47. The van der Waals surface area contributed by atoms with Gasteiger partial charge < -0.3 is 15.2 Å².